The molecule has 1 saturated heterocycles. The molecule has 2 atom stereocenters. The van der Waals surface area contributed by atoms with E-state index in [-0.39, 0.29) is 51.8 Å². The van der Waals surface area contributed by atoms with Gasteiger partial charge >= 0.3 is 35.5 Å². The number of fused-ring (bicyclic) bond motifs is 1. The number of thioether (sulfide) groups is 1. The third-order valence-electron chi connectivity index (χ3n) is 4.87. The predicted molar refractivity (Wildman–Crippen MR) is 133 cm³/mol. The van der Waals surface area contributed by atoms with Gasteiger partial charge in [0.2, 0.25) is 0 Å². The van der Waals surface area contributed by atoms with Crippen LogP contribution in [0.15, 0.2) is 33.4 Å². The topological polar surface area (TPSA) is 160 Å². The number of nitrogens with one attached hydrogen (secondary N) is 1. The van der Waals surface area contributed by atoms with Crippen molar-refractivity contribution < 1.29 is 24.3 Å². The molecule has 0 bridgehead atoms. The quantitative estimate of drug-likeness (QED) is 0.202. The molecule has 2 aromatic rings. The number of oxime groups is 1. The van der Waals surface area contributed by atoms with Crippen molar-refractivity contribution >= 4 is 98.7 Å². The summed E-state index contributed by atoms with van der Waals surface area (Å²) in [5, 5.41) is 17.4. The molecule has 11 nitrogen and oxygen atoms in total. The van der Waals surface area contributed by atoms with Crippen LogP contribution in [0.2, 0.25) is 0 Å². The minimum atomic E-state index is -1.21. The molecule has 4 heterocycles. The summed E-state index contributed by atoms with van der Waals surface area (Å²) in [6.45, 7) is 1.86. The van der Waals surface area contributed by atoms with Crippen LogP contribution in [0.5, 0.6) is 0 Å². The number of aromatic nitrogens is 2. The van der Waals surface area contributed by atoms with Crippen LogP contribution in [0.3, 0.4) is 0 Å². The molecule has 0 spiro atoms. The second-order valence-corrected chi connectivity index (χ2v) is 9.75. The summed E-state index contributed by atoms with van der Waals surface area (Å²) in [5.41, 5.74) is 8.68. The number of carboxylic acids is 1. The zero-order chi connectivity index (χ0) is 23.7. The standard InChI is InChI=1S/C19H18N6O5S3.Na.H/c1-8-11(33-7-21-8)4-3-9-5-31-17-13(16(27)25(17)14(9)18(28)29)23-15(26)12(24-30-2)10-6-32-19(20)22-10;;/h3-4,6-7,13,17H,5H2,1-2H3,(H2,20,22)(H,23,26)(H,28,29);;/t13-,17-;;/m1../s1. The van der Waals surface area contributed by atoms with Gasteiger partial charge in [0.1, 0.15) is 29.9 Å². The van der Waals surface area contributed by atoms with Gasteiger partial charge in [0.15, 0.2) is 10.8 Å². The molecule has 0 radical (unpaired) electrons. The minimum absolute atomic E-state index is 0. The van der Waals surface area contributed by atoms with Crippen molar-refractivity contribution in [1.82, 2.24) is 20.2 Å². The third-order valence-corrected chi connectivity index (χ3v) is 7.74. The maximum absolute atomic E-state index is 12.9. The first-order chi connectivity index (χ1) is 15.8. The molecule has 0 aromatic carbocycles. The Morgan fingerprint density at radius 3 is 2.74 bits per heavy atom. The van der Waals surface area contributed by atoms with E-state index in [9.17, 15) is 19.5 Å². The van der Waals surface area contributed by atoms with Crippen LogP contribution in [-0.2, 0) is 19.2 Å². The van der Waals surface area contributed by atoms with E-state index in [1.165, 1.54) is 35.1 Å². The van der Waals surface area contributed by atoms with Crippen molar-refractivity contribution in [2.24, 2.45) is 5.16 Å². The zero-order valence-electron chi connectivity index (χ0n) is 17.3. The Labute approximate surface area is 228 Å². The van der Waals surface area contributed by atoms with Gasteiger partial charge in [-0.3, -0.25) is 14.5 Å². The number of aliphatic carboxylic acids is 1. The van der Waals surface area contributed by atoms with Crippen LogP contribution in [0.1, 0.15) is 16.3 Å². The molecule has 0 aliphatic carbocycles. The van der Waals surface area contributed by atoms with E-state index in [2.05, 4.69) is 20.4 Å². The maximum atomic E-state index is 12.9. The molecule has 15 heteroatoms. The number of nitrogens with zero attached hydrogens (tertiary/aromatic N) is 4. The Hall–Kier alpha value is -2.23. The average molecular weight is 531 g/mol. The van der Waals surface area contributed by atoms with Crippen molar-refractivity contribution in [3.05, 3.63) is 44.5 Å². The van der Waals surface area contributed by atoms with E-state index in [4.69, 9.17) is 10.6 Å². The van der Waals surface area contributed by atoms with Crippen molar-refractivity contribution in [2.75, 3.05) is 18.6 Å². The van der Waals surface area contributed by atoms with Gasteiger partial charge in [-0.15, -0.1) is 34.4 Å². The van der Waals surface area contributed by atoms with Crippen LogP contribution in [-0.4, -0.2) is 97.3 Å². The number of nitrogen functional groups attached to an aromatic ring is 1. The molecule has 0 saturated carbocycles. The average Bonchev–Trinajstić information content (AvgIpc) is 3.40. The Kier molecular flexibility index (Phi) is 8.54. The fourth-order valence-corrected chi connectivity index (χ4v) is 5.88. The summed E-state index contributed by atoms with van der Waals surface area (Å²) in [6, 6.07) is -0.913. The molecule has 2 aliphatic heterocycles. The van der Waals surface area contributed by atoms with Gasteiger partial charge in [-0.05, 0) is 18.6 Å². The van der Waals surface area contributed by atoms with Crippen LogP contribution < -0.4 is 11.1 Å². The second-order valence-electron chi connectivity index (χ2n) is 6.87. The normalized spacial score (nSPS) is 20.0. The van der Waals surface area contributed by atoms with E-state index < -0.39 is 29.2 Å². The number of hydrogen-bond donors (Lipinski definition) is 3. The Morgan fingerprint density at radius 2 is 2.15 bits per heavy atom. The number of carbonyl (C=O) groups is 3. The Balaban J connectivity index is 0.00000324. The molecule has 4 rings (SSSR count). The van der Waals surface area contributed by atoms with E-state index in [0.29, 0.717) is 11.3 Å². The number of anilines is 1. The number of allylic oxidation sites excluding steroid dienone is 1. The molecule has 2 amide bonds. The number of thiazole rings is 2. The summed E-state index contributed by atoms with van der Waals surface area (Å²) < 4.78 is 0. The van der Waals surface area contributed by atoms with E-state index in [0.717, 1.165) is 21.9 Å². The number of nitrogens with two attached hydrogens (primary N) is 1. The molecule has 2 aliphatic rings. The zero-order valence-corrected chi connectivity index (χ0v) is 19.8. The van der Waals surface area contributed by atoms with Gasteiger partial charge in [-0.2, -0.15) is 0 Å². The first kappa shape index (κ1) is 26.4. The number of amides is 2. The SMILES string of the molecule is CON=C(C(=O)N[C@@H]1C(=O)N2C(C(=O)O)=C(C=Cc3scnc3C)CS[C@H]12)c1csc(N)n1.[NaH]. The fraction of sp³-hybridized carbons (Fsp3) is 0.263. The van der Waals surface area contributed by atoms with E-state index in [1.54, 1.807) is 23.0 Å². The number of aryl methyl sites for hydroxylation is 1. The van der Waals surface area contributed by atoms with Crippen molar-refractivity contribution in [2.45, 2.75) is 18.3 Å². The molecule has 4 N–H and O–H groups in total. The first-order valence-corrected chi connectivity index (χ1v) is 12.2. The van der Waals surface area contributed by atoms with Gasteiger partial charge in [-0.1, -0.05) is 11.2 Å². The van der Waals surface area contributed by atoms with Gasteiger partial charge in [-0.25, -0.2) is 14.8 Å². The molecule has 0 unspecified atom stereocenters. The Bertz CT molecular complexity index is 1220. The van der Waals surface area contributed by atoms with Gasteiger partial charge in [0, 0.05) is 16.0 Å². The molecule has 174 valence electrons. The summed E-state index contributed by atoms with van der Waals surface area (Å²) in [4.78, 5) is 52.7. The molecule has 1 fully saturated rings. The third kappa shape index (κ3) is 5.06. The van der Waals surface area contributed by atoms with Gasteiger partial charge in [0.05, 0.1) is 11.2 Å². The molecular weight excluding hydrogens is 511 g/mol. The van der Waals surface area contributed by atoms with Crippen molar-refractivity contribution in [3.8, 4) is 0 Å². The number of carbonyl (C=O) groups excluding carboxylic acids is 2. The van der Waals surface area contributed by atoms with Gasteiger partial charge < -0.3 is 21.0 Å². The molecule has 2 aromatic heterocycles. The van der Waals surface area contributed by atoms with Crippen molar-refractivity contribution in [3.63, 3.8) is 0 Å². The summed E-state index contributed by atoms with van der Waals surface area (Å²) in [7, 11) is 1.28. The summed E-state index contributed by atoms with van der Waals surface area (Å²) in [5.74, 6) is -2.04. The van der Waals surface area contributed by atoms with E-state index >= 15 is 0 Å². The van der Waals surface area contributed by atoms with Crippen LogP contribution in [0, 0.1) is 6.92 Å². The van der Waals surface area contributed by atoms with Crippen molar-refractivity contribution in [1.29, 1.82) is 0 Å². The second kappa shape index (κ2) is 11.0. The van der Waals surface area contributed by atoms with E-state index in [1.807, 2.05) is 6.92 Å². The summed E-state index contributed by atoms with van der Waals surface area (Å²) in [6.07, 6.45) is 3.49. The number of hydrogen-bond acceptors (Lipinski definition) is 11. The fourth-order valence-electron chi connectivity index (χ4n) is 3.32. The molecule has 34 heavy (non-hydrogen) atoms. The predicted octanol–water partition coefficient (Wildman–Crippen LogP) is 0.644. The number of β-lactam (4-membered cyclic amide) rings is 1. The monoisotopic (exact) mass is 530 g/mol. The van der Waals surface area contributed by atoms with Crippen LogP contribution in [0.25, 0.3) is 6.08 Å². The van der Waals surface area contributed by atoms with Crippen LogP contribution >= 0.6 is 34.4 Å². The number of carboxylic acid groups (broad SMARTS) is 1. The Morgan fingerprint density at radius 1 is 1.38 bits per heavy atom. The first-order valence-electron chi connectivity index (χ1n) is 9.44. The molecular formula is C19H19N6NaO5S3. The van der Waals surface area contributed by atoms with Crippen LogP contribution in [0.4, 0.5) is 5.13 Å². The van der Waals surface area contributed by atoms with Gasteiger partial charge in [0.25, 0.3) is 11.8 Å². The number of rotatable bonds is 7. The summed E-state index contributed by atoms with van der Waals surface area (Å²) >= 11 is 3.94.